The van der Waals surface area contributed by atoms with Crippen molar-refractivity contribution in [3.05, 3.63) is 29.8 Å². The Bertz CT molecular complexity index is 651. The van der Waals surface area contributed by atoms with E-state index in [1.165, 1.54) is 13.8 Å². The van der Waals surface area contributed by atoms with Crippen LogP contribution >= 0.6 is 0 Å². The van der Waals surface area contributed by atoms with Gasteiger partial charge in [0.15, 0.2) is 5.60 Å². The van der Waals surface area contributed by atoms with E-state index in [-0.39, 0.29) is 18.3 Å². The van der Waals surface area contributed by atoms with Gasteiger partial charge in [0.25, 0.3) is 12.4 Å². The van der Waals surface area contributed by atoms with Crippen LogP contribution in [0.3, 0.4) is 0 Å². The summed E-state index contributed by atoms with van der Waals surface area (Å²) < 4.78 is 4.75. The van der Waals surface area contributed by atoms with Gasteiger partial charge in [0, 0.05) is 18.0 Å². The summed E-state index contributed by atoms with van der Waals surface area (Å²) in [7, 11) is 0. The van der Waals surface area contributed by atoms with Crippen molar-refractivity contribution in [2.24, 2.45) is 11.0 Å². The summed E-state index contributed by atoms with van der Waals surface area (Å²) in [6, 6.07) is 7.10. The summed E-state index contributed by atoms with van der Waals surface area (Å²) in [5.74, 6) is -0.486. The first-order valence-electron chi connectivity index (χ1n) is 8.23. The summed E-state index contributed by atoms with van der Waals surface area (Å²) in [6.45, 7) is 9.20. The van der Waals surface area contributed by atoms with Crippen LogP contribution in [-0.2, 0) is 19.1 Å². The Labute approximate surface area is 147 Å². The van der Waals surface area contributed by atoms with E-state index in [9.17, 15) is 14.4 Å². The third-order valence-corrected chi connectivity index (χ3v) is 3.59. The largest absolute Gasteiger partial charge is 0.452 e. The maximum atomic E-state index is 12.0. The zero-order valence-corrected chi connectivity index (χ0v) is 15.3. The first kappa shape index (κ1) is 20.3. The molecule has 2 rings (SSSR count). The molecule has 0 fully saturated rings. The summed E-state index contributed by atoms with van der Waals surface area (Å²) >= 11 is 0. The molecule has 1 aliphatic rings. The van der Waals surface area contributed by atoms with Gasteiger partial charge in [-0.1, -0.05) is 32.9 Å². The van der Waals surface area contributed by atoms with Crippen molar-refractivity contribution in [3.8, 4) is 0 Å². The maximum absolute atomic E-state index is 12.0. The molecule has 1 unspecified atom stereocenters. The molecule has 0 aromatic heterocycles. The number of amides is 2. The second-order valence-electron chi connectivity index (χ2n) is 5.89. The Morgan fingerprint density at radius 2 is 1.92 bits per heavy atom. The van der Waals surface area contributed by atoms with Crippen molar-refractivity contribution in [1.29, 1.82) is 0 Å². The van der Waals surface area contributed by atoms with E-state index in [0.29, 0.717) is 12.1 Å². The standard InChI is InChI=1S/C16H19N3O4.C2H6/c1-10-8-13(21)18-19-14(10)11-4-6-12(7-5-11)17-15(22)16(2,3)23-9-20;1-2/h4-7,9-10H,8H2,1-3H3,(H,17,22)(H,18,21);1-2H3. The van der Waals surface area contributed by atoms with E-state index < -0.39 is 11.5 Å². The van der Waals surface area contributed by atoms with Crippen LogP contribution in [0.15, 0.2) is 29.4 Å². The fourth-order valence-corrected chi connectivity index (χ4v) is 2.18. The average Bonchev–Trinajstić information content (AvgIpc) is 2.57. The molecule has 2 N–H and O–H groups in total. The molecule has 0 saturated carbocycles. The van der Waals surface area contributed by atoms with Gasteiger partial charge in [-0.3, -0.25) is 14.4 Å². The zero-order valence-electron chi connectivity index (χ0n) is 15.3. The fourth-order valence-electron chi connectivity index (χ4n) is 2.18. The molecule has 1 atom stereocenters. The van der Waals surface area contributed by atoms with E-state index in [1.807, 2.05) is 32.9 Å². The Balaban J connectivity index is 0.00000151. The molecule has 0 aliphatic carbocycles. The van der Waals surface area contributed by atoms with Gasteiger partial charge in [-0.2, -0.15) is 5.10 Å². The lowest BCUT2D eigenvalue weighted by Gasteiger charge is -2.22. The van der Waals surface area contributed by atoms with E-state index >= 15 is 0 Å². The number of carbonyl (C=O) groups is 3. The molecule has 1 aromatic carbocycles. The second-order valence-corrected chi connectivity index (χ2v) is 5.89. The lowest BCUT2D eigenvalue weighted by Crippen LogP contribution is -2.39. The van der Waals surface area contributed by atoms with Gasteiger partial charge in [0.05, 0.1) is 5.71 Å². The summed E-state index contributed by atoms with van der Waals surface area (Å²) in [5.41, 5.74) is 3.48. The number of anilines is 1. The number of carbonyl (C=O) groups excluding carboxylic acids is 3. The number of ether oxygens (including phenoxy) is 1. The minimum atomic E-state index is -1.24. The Hall–Kier alpha value is -2.70. The Morgan fingerprint density at radius 3 is 2.44 bits per heavy atom. The molecule has 1 aromatic rings. The molecule has 7 nitrogen and oxygen atoms in total. The number of hydrazone groups is 1. The number of hydrogen-bond acceptors (Lipinski definition) is 5. The number of rotatable bonds is 5. The van der Waals surface area contributed by atoms with E-state index in [2.05, 4.69) is 15.8 Å². The van der Waals surface area contributed by atoms with Crippen LogP contribution in [0.2, 0.25) is 0 Å². The molecule has 1 aliphatic heterocycles. The van der Waals surface area contributed by atoms with Gasteiger partial charge >= 0.3 is 0 Å². The number of benzene rings is 1. The van der Waals surface area contributed by atoms with Crippen molar-refractivity contribution in [3.63, 3.8) is 0 Å². The third kappa shape index (κ3) is 5.41. The lowest BCUT2D eigenvalue weighted by molar-refractivity contribution is -0.150. The van der Waals surface area contributed by atoms with Gasteiger partial charge in [0.2, 0.25) is 5.91 Å². The molecule has 7 heteroatoms. The van der Waals surface area contributed by atoms with Crippen LogP contribution in [-0.4, -0.2) is 29.6 Å². The monoisotopic (exact) mass is 347 g/mol. The molecular formula is C18H25N3O4. The first-order valence-corrected chi connectivity index (χ1v) is 8.23. The van der Waals surface area contributed by atoms with Gasteiger partial charge < -0.3 is 10.1 Å². The average molecular weight is 347 g/mol. The van der Waals surface area contributed by atoms with Crippen molar-refractivity contribution >= 4 is 29.7 Å². The zero-order chi connectivity index (χ0) is 19.0. The van der Waals surface area contributed by atoms with E-state index in [1.54, 1.807) is 12.1 Å². The lowest BCUT2D eigenvalue weighted by atomic mass is 9.94. The van der Waals surface area contributed by atoms with Crippen LogP contribution in [0, 0.1) is 5.92 Å². The van der Waals surface area contributed by atoms with E-state index in [0.717, 1.165) is 11.3 Å². The maximum Gasteiger partial charge on any atom is 0.294 e. The molecular weight excluding hydrogens is 322 g/mol. The molecule has 136 valence electrons. The smallest absolute Gasteiger partial charge is 0.294 e. The number of nitrogens with zero attached hydrogens (tertiary/aromatic N) is 1. The molecule has 0 radical (unpaired) electrons. The molecule has 0 spiro atoms. The highest BCUT2D eigenvalue weighted by atomic mass is 16.5. The minimum Gasteiger partial charge on any atom is -0.452 e. The minimum absolute atomic E-state index is 0.0316. The van der Waals surface area contributed by atoms with Crippen LogP contribution in [0.4, 0.5) is 5.69 Å². The number of nitrogens with one attached hydrogen (secondary N) is 2. The Morgan fingerprint density at radius 1 is 1.32 bits per heavy atom. The molecule has 0 saturated heterocycles. The summed E-state index contributed by atoms with van der Waals surface area (Å²) in [4.78, 5) is 33.7. The summed E-state index contributed by atoms with van der Waals surface area (Å²) in [5, 5.41) is 6.77. The van der Waals surface area contributed by atoms with Crippen molar-refractivity contribution < 1.29 is 19.1 Å². The predicted molar refractivity (Wildman–Crippen MR) is 96.1 cm³/mol. The quantitative estimate of drug-likeness (QED) is 0.800. The highest BCUT2D eigenvalue weighted by Gasteiger charge is 2.29. The molecule has 2 amide bonds. The van der Waals surface area contributed by atoms with Crippen molar-refractivity contribution in [1.82, 2.24) is 5.43 Å². The first-order chi connectivity index (χ1) is 11.8. The number of hydrogen-bond donors (Lipinski definition) is 2. The van der Waals surface area contributed by atoms with Crippen LogP contribution in [0.5, 0.6) is 0 Å². The molecule has 1 heterocycles. The van der Waals surface area contributed by atoms with Crippen molar-refractivity contribution in [2.45, 2.75) is 46.6 Å². The molecule has 25 heavy (non-hydrogen) atoms. The SMILES string of the molecule is CC.CC1CC(=O)NN=C1c1ccc(NC(=O)C(C)(C)OC=O)cc1. The van der Waals surface area contributed by atoms with Crippen LogP contribution in [0.1, 0.15) is 46.6 Å². The van der Waals surface area contributed by atoms with Crippen LogP contribution in [0.25, 0.3) is 0 Å². The van der Waals surface area contributed by atoms with Gasteiger partial charge in [0.1, 0.15) is 0 Å². The predicted octanol–water partition coefficient (Wildman–Crippen LogP) is 2.46. The summed E-state index contributed by atoms with van der Waals surface area (Å²) in [6.07, 6.45) is 0.397. The Kier molecular flexibility index (Phi) is 7.29. The van der Waals surface area contributed by atoms with Crippen molar-refractivity contribution in [2.75, 3.05) is 5.32 Å². The second kappa shape index (κ2) is 8.96. The molecule has 0 bridgehead atoms. The van der Waals surface area contributed by atoms with Gasteiger partial charge in [-0.05, 0) is 31.5 Å². The van der Waals surface area contributed by atoms with Crippen LogP contribution < -0.4 is 10.7 Å². The van der Waals surface area contributed by atoms with Gasteiger partial charge in [-0.15, -0.1) is 0 Å². The normalized spacial score (nSPS) is 16.6. The topological polar surface area (TPSA) is 96.9 Å². The third-order valence-electron chi connectivity index (χ3n) is 3.59. The van der Waals surface area contributed by atoms with Gasteiger partial charge in [-0.25, -0.2) is 5.43 Å². The van der Waals surface area contributed by atoms with E-state index in [4.69, 9.17) is 4.74 Å². The highest BCUT2D eigenvalue weighted by Crippen LogP contribution is 2.19. The fraction of sp³-hybridized carbons (Fsp3) is 0.444. The highest BCUT2D eigenvalue weighted by molar-refractivity contribution is 6.06.